The summed E-state index contributed by atoms with van der Waals surface area (Å²) < 4.78 is 32.8. The highest BCUT2D eigenvalue weighted by Gasteiger charge is 2.56. The Bertz CT molecular complexity index is 463. The average Bonchev–Trinajstić information content (AvgIpc) is 2.51. The van der Waals surface area contributed by atoms with Crippen molar-refractivity contribution in [1.82, 2.24) is 4.90 Å². The number of fused-ring (bicyclic) bond motifs is 2. The second-order valence-electron chi connectivity index (χ2n) is 5.35. The van der Waals surface area contributed by atoms with E-state index in [0.29, 0.717) is 25.9 Å². The van der Waals surface area contributed by atoms with E-state index in [-0.39, 0.29) is 18.1 Å². The molecule has 2 saturated heterocycles. The van der Waals surface area contributed by atoms with E-state index in [0.717, 1.165) is 12.7 Å². The van der Waals surface area contributed by atoms with Crippen LogP contribution in [0.4, 0.5) is 0 Å². The first kappa shape index (κ1) is 14.7. The molecule has 2 aliphatic rings. The number of hydrogen-bond donors (Lipinski definition) is 0. The van der Waals surface area contributed by atoms with Crippen LogP contribution in [0.1, 0.15) is 32.6 Å². The van der Waals surface area contributed by atoms with E-state index < -0.39 is 15.7 Å². The molecular formula is C12H21NO5S. The van der Waals surface area contributed by atoms with Gasteiger partial charge in [0.15, 0.2) is 0 Å². The Morgan fingerprint density at radius 2 is 2.00 bits per heavy atom. The van der Waals surface area contributed by atoms with Gasteiger partial charge in [0.25, 0.3) is 10.1 Å². The van der Waals surface area contributed by atoms with Gasteiger partial charge in [0, 0.05) is 6.04 Å². The molecule has 0 aromatic rings. The van der Waals surface area contributed by atoms with E-state index >= 15 is 0 Å². The topological polar surface area (TPSA) is 72.9 Å². The van der Waals surface area contributed by atoms with Gasteiger partial charge in [-0.2, -0.15) is 8.42 Å². The summed E-state index contributed by atoms with van der Waals surface area (Å²) in [5, 5.41) is 0. The maximum atomic E-state index is 12.2. The Morgan fingerprint density at radius 1 is 1.37 bits per heavy atom. The Balaban J connectivity index is 2.15. The molecule has 2 aliphatic heterocycles. The lowest BCUT2D eigenvalue weighted by Gasteiger charge is -2.43. The Morgan fingerprint density at radius 3 is 2.58 bits per heavy atom. The van der Waals surface area contributed by atoms with Crippen LogP contribution in [0.25, 0.3) is 0 Å². The minimum absolute atomic E-state index is 0.0344. The van der Waals surface area contributed by atoms with Crippen LogP contribution < -0.4 is 0 Å². The van der Waals surface area contributed by atoms with E-state index in [1.807, 2.05) is 11.9 Å². The van der Waals surface area contributed by atoms with Gasteiger partial charge in [0.05, 0.1) is 19.0 Å². The molecule has 0 N–H and O–H groups in total. The molecule has 2 rings (SSSR count). The number of nitrogens with zero attached hydrogens (tertiary/aromatic N) is 1. The number of likely N-dealkylation sites (N-methyl/N-ethyl adjacent to an activating group) is 1. The summed E-state index contributed by atoms with van der Waals surface area (Å²) in [7, 11) is -1.61. The van der Waals surface area contributed by atoms with Gasteiger partial charge < -0.3 is 4.74 Å². The van der Waals surface area contributed by atoms with Crippen LogP contribution in [0.3, 0.4) is 0 Å². The average molecular weight is 291 g/mol. The Hall–Kier alpha value is -0.660. The van der Waals surface area contributed by atoms with Gasteiger partial charge in [-0.25, -0.2) is 0 Å². The maximum absolute atomic E-state index is 12.2. The summed E-state index contributed by atoms with van der Waals surface area (Å²) in [6.07, 6.45) is 3.33. The quantitative estimate of drug-likeness (QED) is 0.555. The smallest absolute Gasteiger partial charge is 0.326 e. The van der Waals surface area contributed by atoms with Crippen molar-refractivity contribution in [2.45, 2.75) is 50.3 Å². The fourth-order valence-electron chi connectivity index (χ4n) is 3.33. The van der Waals surface area contributed by atoms with Gasteiger partial charge in [-0.05, 0) is 39.7 Å². The van der Waals surface area contributed by atoms with Crippen LogP contribution in [0, 0.1) is 0 Å². The lowest BCUT2D eigenvalue weighted by molar-refractivity contribution is -0.160. The van der Waals surface area contributed by atoms with E-state index in [4.69, 9.17) is 8.92 Å². The van der Waals surface area contributed by atoms with Gasteiger partial charge >= 0.3 is 5.97 Å². The van der Waals surface area contributed by atoms with Crippen molar-refractivity contribution in [3.8, 4) is 0 Å². The monoisotopic (exact) mass is 291 g/mol. The number of hydrogen-bond acceptors (Lipinski definition) is 6. The van der Waals surface area contributed by atoms with Crippen LogP contribution in [-0.2, 0) is 23.8 Å². The number of piperidine rings is 1. The molecule has 0 amide bonds. The molecule has 0 aromatic heterocycles. The van der Waals surface area contributed by atoms with Gasteiger partial charge in [0.1, 0.15) is 5.54 Å². The lowest BCUT2D eigenvalue weighted by Crippen LogP contribution is -2.58. The normalized spacial score (nSPS) is 35.3. The molecule has 0 radical (unpaired) electrons. The molecule has 7 heteroatoms. The molecule has 0 saturated carbocycles. The molecule has 19 heavy (non-hydrogen) atoms. The predicted molar refractivity (Wildman–Crippen MR) is 69.1 cm³/mol. The fourth-order valence-corrected chi connectivity index (χ4v) is 4.01. The summed E-state index contributed by atoms with van der Waals surface area (Å²) in [6.45, 7) is 2.15. The van der Waals surface area contributed by atoms with Crippen molar-refractivity contribution in [2.24, 2.45) is 0 Å². The van der Waals surface area contributed by atoms with E-state index in [1.165, 1.54) is 0 Å². The molecular weight excluding hydrogens is 270 g/mol. The minimum Gasteiger partial charge on any atom is -0.465 e. The number of carbonyl (C=O) groups is 1. The molecule has 2 fully saturated rings. The Kier molecular flexibility index (Phi) is 3.90. The summed E-state index contributed by atoms with van der Waals surface area (Å²) in [5.41, 5.74) is -0.585. The summed E-state index contributed by atoms with van der Waals surface area (Å²) >= 11 is 0. The third kappa shape index (κ3) is 2.64. The molecule has 0 aliphatic carbocycles. The first-order valence-corrected chi connectivity index (χ1v) is 8.40. The fraction of sp³-hybridized carbons (Fsp3) is 0.917. The first-order valence-electron chi connectivity index (χ1n) is 6.58. The van der Waals surface area contributed by atoms with Crippen molar-refractivity contribution in [3.63, 3.8) is 0 Å². The molecule has 2 unspecified atom stereocenters. The van der Waals surface area contributed by atoms with Gasteiger partial charge in [0.2, 0.25) is 0 Å². The lowest BCUT2D eigenvalue weighted by atomic mass is 9.88. The Labute approximate surface area is 114 Å². The van der Waals surface area contributed by atoms with Crippen LogP contribution in [-0.4, -0.2) is 56.9 Å². The van der Waals surface area contributed by atoms with Gasteiger partial charge in [-0.15, -0.1) is 0 Å². The zero-order valence-electron chi connectivity index (χ0n) is 11.6. The molecule has 3 atom stereocenters. The second kappa shape index (κ2) is 5.03. The SMILES string of the molecule is CCOC(=O)C12CCC([C@H](OS(C)(=O)=O)CC1)N2C. The third-order valence-corrected chi connectivity index (χ3v) is 4.85. The number of rotatable bonds is 4. The van der Waals surface area contributed by atoms with Crippen molar-refractivity contribution in [2.75, 3.05) is 19.9 Å². The summed E-state index contributed by atoms with van der Waals surface area (Å²) in [4.78, 5) is 14.1. The number of carbonyl (C=O) groups excluding carboxylic acids is 1. The highest BCUT2D eigenvalue weighted by molar-refractivity contribution is 7.86. The molecule has 110 valence electrons. The summed E-state index contributed by atoms with van der Waals surface area (Å²) in [6, 6.07) is -0.0344. The van der Waals surface area contributed by atoms with Crippen LogP contribution in [0.15, 0.2) is 0 Å². The molecule has 2 bridgehead atoms. The highest BCUT2D eigenvalue weighted by atomic mass is 32.2. The zero-order chi connectivity index (χ0) is 14.3. The molecule has 0 aromatic carbocycles. The van der Waals surface area contributed by atoms with E-state index in [1.54, 1.807) is 6.92 Å². The van der Waals surface area contributed by atoms with Crippen molar-refractivity contribution in [3.05, 3.63) is 0 Å². The largest absolute Gasteiger partial charge is 0.465 e. The maximum Gasteiger partial charge on any atom is 0.326 e. The van der Waals surface area contributed by atoms with Crippen LogP contribution in [0.2, 0.25) is 0 Å². The minimum atomic E-state index is -3.46. The zero-order valence-corrected chi connectivity index (χ0v) is 12.4. The molecule has 0 spiro atoms. The predicted octanol–water partition coefficient (Wildman–Crippen LogP) is 0.521. The van der Waals surface area contributed by atoms with E-state index in [9.17, 15) is 13.2 Å². The molecule has 2 heterocycles. The summed E-state index contributed by atoms with van der Waals surface area (Å²) in [5.74, 6) is -0.196. The third-order valence-electron chi connectivity index (χ3n) is 4.25. The second-order valence-corrected chi connectivity index (χ2v) is 6.95. The van der Waals surface area contributed by atoms with E-state index in [2.05, 4.69) is 0 Å². The number of ether oxygens (including phenoxy) is 1. The molecule has 6 nitrogen and oxygen atoms in total. The van der Waals surface area contributed by atoms with Crippen LogP contribution in [0.5, 0.6) is 0 Å². The van der Waals surface area contributed by atoms with Crippen LogP contribution >= 0.6 is 0 Å². The van der Waals surface area contributed by atoms with Crippen molar-refractivity contribution >= 4 is 16.1 Å². The van der Waals surface area contributed by atoms with Gasteiger partial charge in [-0.3, -0.25) is 13.9 Å². The standard InChI is InChI=1S/C12H21NO5S/c1-4-17-11(14)12-7-5-9(13(12)2)10(6-8-12)18-19(3,15)16/h9-10H,4-8H2,1-3H3/t9?,10-,12?/m1/s1. The highest BCUT2D eigenvalue weighted by Crippen LogP contribution is 2.45. The van der Waals surface area contributed by atoms with Crippen molar-refractivity contribution in [1.29, 1.82) is 0 Å². The van der Waals surface area contributed by atoms with Crippen molar-refractivity contribution < 1.29 is 22.1 Å². The van der Waals surface area contributed by atoms with Gasteiger partial charge in [-0.1, -0.05) is 0 Å². The number of esters is 1. The first-order chi connectivity index (χ1) is 8.80.